The van der Waals surface area contributed by atoms with Gasteiger partial charge in [-0.15, -0.1) is 6.58 Å². The number of rotatable bonds is 8. The van der Waals surface area contributed by atoms with E-state index >= 15 is 0 Å². The summed E-state index contributed by atoms with van der Waals surface area (Å²) >= 11 is 0. The zero-order chi connectivity index (χ0) is 24.8. The average molecular weight is 517 g/mol. The number of benzene rings is 1. The van der Waals surface area contributed by atoms with Gasteiger partial charge in [0.05, 0.1) is 18.7 Å². The Hall–Kier alpha value is -2.49. The molecule has 4 heterocycles. The van der Waals surface area contributed by atoms with Crippen molar-refractivity contribution in [2.24, 2.45) is 11.8 Å². The molecule has 14 heteroatoms. The van der Waals surface area contributed by atoms with Crippen LogP contribution in [0.2, 0.25) is 0 Å². The first kappa shape index (κ1) is 24.6. The molecule has 5 rings (SSSR count). The van der Waals surface area contributed by atoms with Crippen LogP contribution in [0.1, 0.15) is 24.5 Å². The first-order chi connectivity index (χ1) is 15.9. The van der Waals surface area contributed by atoms with Crippen molar-refractivity contribution in [2.45, 2.75) is 25.0 Å². The molecule has 2 aromatic rings. The number of fused-ring (bicyclic) bond motifs is 4. The van der Waals surface area contributed by atoms with Gasteiger partial charge in [-0.2, -0.15) is 16.8 Å². The standard InChI is InChI=1S/C20H24N2O10S2/c1-3-11-10-22-7-6-12(11)8-16(22)18(23)17-14-9-13(30-2)4-5-15(14)21-20(32-34(27,28)29)19(17)31-33(24,25)26/h3-5,9,11-12,16,18,23H,1,6-8,10H2,2H3,(H,24,25,26)(H,27,28,29)/t11-,12?,16-,18-/m0/s1. The third-order valence-electron chi connectivity index (χ3n) is 6.34. The average Bonchev–Trinajstić information content (AvgIpc) is 2.77. The monoisotopic (exact) mass is 516 g/mol. The number of aliphatic hydroxyl groups excluding tert-OH is 1. The van der Waals surface area contributed by atoms with Gasteiger partial charge in [0.2, 0.25) is 5.75 Å². The van der Waals surface area contributed by atoms with Gasteiger partial charge >= 0.3 is 20.8 Å². The van der Waals surface area contributed by atoms with Crippen LogP contribution in [0.4, 0.5) is 0 Å². The lowest BCUT2D eigenvalue weighted by Crippen LogP contribution is -2.54. The van der Waals surface area contributed by atoms with E-state index in [0.29, 0.717) is 25.3 Å². The number of ether oxygens (including phenoxy) is 1. The molecule has 5 atom stereocenters. The lowest BCUT2D eigenvalue weighted by Gasteiger charge is -2.50. The van der Waals surface area contributed by atoms with Gasteiger partial charge in [-0.3, -0.25) is 14.0 Å². The Bertz CT molecular complexity index is 1330. The molecule has 2 bridgehead atoms. The molecule has 0 amide bonds. The number of nitrogens with zero attached hydrogens (tertiary/aromatic N) is 2. The largest absolute Gasteiger partial charge is 0.497 e. The summed E-state index contributed by atoms with van der Waals surface area (Å²) in [5, 5.41) is 11.7. The summed E-state index contributed by atoms with van der Waals surface area (Å²) < 4.78 is 79.1. The highest BCUT2D eigenvalue weighted by Gasteiger charge is 2.44. The fourth-order valence-electron chi connectivity index (χ4n) is 4.89. The molecule has 3 N–H and O–H groups in total. The Kier molecular flexibility index (Phi) is 6.48. The van der Waals surface area contributed by atoms with E-state index in [2.05, 4.69) is 19.9 Å². The quantitative estimate of drug-likeness (QED) is 0.342. The number of pyridine rings is 1. The van der Waals surface area contributed by atoms with E-state index in [9.17, 15) is 31.0 Å². The van der Waals surface area contributed by atoms with Crippen molar-refractivity contribution in [1.29, 1.82) is 0 Å². The predicted molar refractivity (Wildman–Crippen MR) is 119 cm³/mol. The molecule has 186 valence electrons. The molecule has 3 fully saturated rings. The highest BCUT2D eigenvalue weighted by atomic mass is 32.3. The second-order valence-corrected chi connectivity index (χ2v) is 10.3. The number of piperidine rings is 3. The van der Waals surface area contributed by atoms with Crippen molar-refractivity contribution >= 4 is 31.7 Å². The first-order valence-electron chi connectivity index (χ1n) is 10.3. The van der Waals surface area contributed by atoms with Crippen LogP contribution in [0, 0.1) is 11.8 Å². The van der Waals surface area contributed by atoms with E-state index in [4.69, 9.17) is 4.74 Å². The molecule has 0 aliphatic carbocycles. The molecule has 1 aromatic heterocycles. The molecule has 2 unspecified atom stereocenters. The number of aromatic nitrogens is 1. The van der Waals surface area contributed by atoms with E-state index in [-0.39, 0.29) is 28.3 Å². The van der Waals surface area contributed by atoms with Crippen LogP contribution in [0.5, 0.6) is 17.4 Å². The molecule has 12 nitrogen and oxygen atoms in total. The lowest BCUT2D eigenvalue weighted by molar-refractivity contribution is -0.0449. The molecule has 3 aliphatic rings. The van der Waals surface area contributed by atoms with Crippen molar-refractivity contribution in [3.05, 3.63) is 36.4 Å². The summed E-state index contributed by atoms with van der Waals surface area (Å²) in [6, 6.07) is 3.90. The highest BCUT2D eigenvalue weighted by molar-refractivity contribution is 7.81. The maximum Gasteiger partial charge on any atom is 0.448 e. The normalized spacial score (nSPS) is 25.6. The van der Waals surface area contributed by atoms with E-state index in [0.717, 1.165) is 6.42 Å². The molecule has 3 aliphatic heterocycles. The van der Waals surface area contributed by atoms with Gasteiger partial charge in [0.1, 0.15) is 5.75 Å². The zero-order valence-corrected chi connectivity index (χ0v) is 19.7. The van der Waals surface area contributed by atoms with Gasteiger partial charge < -0.3 is 18.2 Å². The fraction of sp³-hybridized carbons (Fsp3) is 0.450. The van der Waals surface area contributed by atoms with Crippen LogP contribution in [-0.2, 0) is 20.8 Å². The number of aliphatic hydroxyl groups is 1. The summed E-state index contributed by atoms with van der Waals surface area (Å²) in [4.78, 5) is 5.96. The number of hydrogen-bond acceptors (Lipinski definition) is 10. The van der Waals surface area contributed by atoms with E-state index in [1.54, 1.807) is 0 Å². The molecular weight excluding hydrogens is 492 g/mol. The van der Waals surface area contributed by atoms with Crippen LogP contribution in [0.3, 0.4) is 0 Å². The second kappa shape index (κ2) is 8.94. The summed E-state index contributed by atoms with van der Waals surface area (Å²) in [7, 11) is -8.98. The van der Waals surface area contributed by atoms with E-state index in [1.165, 1.54) is 25.3 Å². The highest BCUT2D eigenvalue weighted by Crippen LogP contribution is 2.47. The third kappa shape index (κ3) is 4.96. The SMILES string of the molecule is C=C[C@H]1CN2CCC1C[C@H]2[C@H](O)c1c(OS(=O)(=O)O)c(OS(=O)(=O)O)nc2ccc(OC)cc12. The van der Waals surface area contributed by atoms with Crippen LogP contribution in [-0.4, -0.2) is 67.2 Å². The van der Waals surface area contributed by atoms with E-state index < -0.39 is 44.6 Å². The summed E-state index contributed by atoms with van der Waals surface area (Å²) in [5.74, 6) is -1.02. The third-order valence-corrected chi connectivity index (χ3v) is 7.09. The van der Waals surface area contributed by atoms with Gasteiger partial charge in [-0.1, -0.05) is 6.08 Å². The fourth-order valence-corrected chi connectivity index (χ4v) is 5.57. The van der Waals surface area contributed by atoms with Crippen molar-refractivity contribution in [3.8, 4) is 17.4 Å². The Morgan fingerprint density at radius 2 is 1.91 bits per heavy atom. The minimum Gasteiger partial charge on any atom is -0.497 e. The summed E-state index contributed by atoms with van der Waals surface area (Å²) in [6.07, 6.45) is 1.91. The molecule has 3 saturated heterocycles. The predicted octanol–water partition coefficient (Wildman–Crippen LogP) is 1.54. The van der Waals surface area contributed by atoms with Crippen LogP contribution in [0.15, 0.2) is 30.9 Å². The number of hydrogen-bond donors (Lipinski definition) is 3. The van der Waals surface area contributed by atoms with Crippen LogP contribution < -0.4 is 13.1 Å². The maximum atomic E-state index is 11.6. The van der Waals surface area contributed by atoms with Gasteiger partial charge in [0.25, 0.3) is 5.88 Å². The molecule has 34 heavy (non-hydrogen) atoms. The Labute approximate surface area is 196 Å². The summed E-state index contributed by atoms with van der Waals surface area (Å²) in [5.41, 5.74) is -0.0935. The van der Waals surface area contributed by atoms with Gasteiger partial charge in [0, 0.05) is 23.5 Å². The van der Waals surface area contributed by atoms with E-state index in [1.807, 2.05) is 11.0 Å². The Morgan fingerprint density at radius 1 is 1.21 bits per heavy atom. The van der Waals surface area contributed by atoms with Crippen molar-refractivity contribution in [1.82, 2.24) is 9.88 Å². The van der Waals surface area contributed by atoms with Crippen molar-refractivity contribution < 1.29 is 44.2 Å². The zero-order valence-electron chi connectivity index (χ0n) is 18.1. The lowest BCUT2D eigenvalue weighted by atomic mass is 9.73. The molecule has 0 saturated carbocycles. The van der Waals surface area contributed by atoms with Crippen LogP contribution in [0.25, 0.3) is 10.9 Å². The molecule has 1 aromatic carbocycles. The van der Waals surface area contributed by atoms with Gasteiger partial charge in [0.15, 0.2) is 0 Å². The Morgan fingerprint density at radius 3 is 2.47 bits per heavy atom. The topological polar surface area (TPSA) is 173 Å². The van der Waals surface area contributed by atoms with Crippen molar-refractivity contribution in [2.75, 3.05) is 20.2 Å². The van der Waals surface area contributed by atoms with Gasteiger partial charge in [-0.05, 0) is 49.4 Å². The Balaban J connectivity index is 1.94. The van der Waals surface area contributed by atoms with Gasteiger partial charge in [-0.25, -0.2) is 4.98 Å². The smallest absolute Gasteiger partial charge is 0.448 e. The maximum absolute atomic E-state index is 11.6. The molecule has 0 spiro atoms. The van der Waals surface area contributed by atoms with Crippen LogP contribution >= 0.6 is 0 Å². The van der Waals surface area contributed by atoms with Crippen molar-refractivity contribution in [3.63, 3.8) is 0 Å². The summed E-state index contributed by atoms with van der Waals surface area (Å²) in [6.45, 7) is 5.18. The number of methoxy groups -OCH3 is 1. The minimum atomic E-state index is -5.22. The minimum absolute atomic E-state index is 0.0936. The molecule has 0 radical (unpaired) electrons. The molecular formula is C20H24N2O10S2. The second-order valence-electron chi connectivity index (χ2n) is 8.26. The first-order valence-corrected chi connectivity index (χ1v) is 13.0.